The van der Waals surface area contributed by atoms with Gasteiger partial charge in [-0.05, 0) is 17.5 Å². The molecule has 0 saturated heterocycles. The standard InChI is InChI=1S/C23H28N4O.ClH/c1-23(2,16-24)17-26(3)22(28)20-15-27(14-18-10-6-4-7-11-18)25-21(20)19-12-8-5-9-13-19;/h4-13,15H,14,16-17,24H2,1-3H3;1H. The molecular weight excluding hydrogens is 384 g/mol. The molecular formula is C23H29ClN4O. The van der Waals surface area contributed by atoms with E-state index in [0.29, 0.717) is 30.9 Å². The van der Waals surface area contributed by atoms with E-state index in [1.807, 2.05) is 66.5 Å². The molecule has 0 aliphatic heterocycles. The Morgan fingerprint density at radius 1 is 1.07 bits per heavy atom. The largest absolute Gasteiger partial charge is 0.341 e. The van der Waals surface area contributed by atoms with Crippen LogP contribution in [0.4, 0.5) is 0 Å². The number of hydrogen-bond acceptors (Lipinski definition) is 3. The molecule has 0 saturated carbocycles. The zero-order valence-corrected chi connectivity index (χ0v) is 18.0. The van der Waals surface area contributed by atoms with Gasteiger partial charge in [0.25, 0.3) is 5.91 Å². The van der Waals surface area contributed by atoms with Crippen LogP contribution in [0.1, 0.15) is 29.8 Å². The summed E-state index contributed by atoms with van der Waals surface area (Å²) >= 11 is 0. The van der Waals surface area contributed by atoms with Gasteiger partial charge >= 0.3 is 0 Å². The fourth-order valence-corrected chi connectivity index (χ4v) is 3.22. The van der Waals surface area contributed by atoms with E-state index in [2.05, 4.69) is 26.0 Å². The molecule has 3 rings (SSSR count). The second kappa shape index (κ2) is 9.72. The number of amides is 1. The monoisotopic (exact) mass is 412 g/mol. The van der Waals surface area contributed by atoms with Crippen molar-refractivity contribution in [3.63, 3.8) is 0 Å². The van der Waals surface area contributed by atoms with Crippen molar-refractivity contribution in [1.29, 1.82) is 0 Å². The van der Waals surface area contributed by atoms with E-state index in [0.717, 1.165) is 11.1 Å². The molecule has 1 heterocycles. The van der Waals surface area contributed by atoms with Crippen molar-refractivity contribution >= 4 is 18.3 Å². The summed E-state index contributed by atoms with van der Waals surface area (Å²) in [5.41, 5.74) is 9.10. The van der Waals surface area contributed by atoms with Gasteiger partial charge in [0, 0.05) is 25.4 Å². The van der Waals surface area contributed by atoms with E-state index in [1.54, 1.807) is 4.90 Å². The van der Waals surface area contributed by atoms with Crippen molar-refractivity contribution in [2.75, 3.05) is 20.1 Å². The second-order valence-corrected chi connectivity index (χ2v) is 7.97. The van der Waals surface area contributed by atoms with E-state index in [-0.39, 0.29) is 23.7 Å². The lowest BCUT2D eigenvalue weighted by Gasteiger charge is -2.29. The number of rotatable bonds is 7. The second-order valence-electron chi connectivity index (χ2n) is 7.97. The molecule has 2 aromatic carbocycles. The van der Waals surface area contributed by atoms with Crippen LogP contribution in [0.3, 0.4) is 0 Å². The van der Waals surface area contributed by atoms with Gasteiger partial charge < -0.3 is 10.6 Å². The summed E-state index contributed by atoms with van der Waals surface area (Å²) in [4.78, 5) is 15.0. The molecule has 5 nitrogen and oxygen atoms in total. The van der Waals surface area contributed by atoms with Gasteiger partial charge in [-0.1, -0.05) is 74.5 Å². The summed E-state index contributed by atoms with van der Waals surface area (Å²) < 4.78 is 1.84. The number of nitrogens with two attached hydrogens (primary N) is 1. The molecule has 154 valence electrons. The van der Waals surface area contributed by atoms with Crippen LogP contribution >= 0.6 is 12.4 Å². The van der Waals surface area contributed by atoms with Crippen molar-refractivity contribution in [2.45, 2.75) is 20.4 Å². The van der Waals surface area contributed by atoms with Crippen molar-refractivity contribution in [1.82, 2.24) is 14.7 Å². The van der Waals surface area contributed by atoms with Gasteiger partial charge in [-0.3, -0.25) is 9.48 Å². The number of carbonyl (C=O) groups is 1. The van der Waals surface area contributed by atoms with Crippen LogP contribution in [0.25, 0.3) is 11.3 Å². The first-order valence-electron chi connectivity index (χ1n) is 9.52. The Morgan fingerprint density at radius 3 is 2.24 bits per heavy atom. The van der Waals surface area contributed by atoms with Gasteiger partial charge in [-0.15, -0.1) is 12.4 Å². The summed E-state index contributed by atoms with van der Waals surface area (Å²) in [6.07, 6.45) is 1.85. The van der Waals surface area contributed by atoms with E-state index in [4.69, 9.17) is 10.8 Å². The van der Waals surface area contributed by atoms with Gasteiger partial charge in [0.15, 0.2) is 0 Å². The maximum Gasteiger partial charge on any atom is 0.257 e. The average molecular weight is 413 g/mol. The number of benzene rings is 2. The molecule has 0 aliphatic carbocycles. The molecule has 0 aliphatic rings. The van der Waals surface area contributed by atoms with Gasteiger partial charge in [0.05, 0.1) is 12.1 Å². The van der Waals surface area contributed by atoms with Gasteiger partial charge in [0.1, 0.15) is 5.69 Å². The first-order chi connectivity index (χ1) is 13.4. The Morgan fingerprint density at radius 2 is 1.66 bits per heavy atom. The highest BCUT2D eigenvalue weighted by Crippen LogP contribution is 2.25. The molecule has 2 N–H and O–H groups in total. The average Bonchev–Trinajstić information content (AvgIpc) is 3.12. The smallest absolute Gasteiger partial charge is 0.257 e. The minimum atomic E-state index is -0.142. The van der Waals surface area contributed by atoms with E-state index < -0.39 is 0 Å². The van der Waals surface area contributed by atoms with Crippen LogP contribution in [0.15, 0.2) is 66.9 Å². The maximum absolute atomic E-state index is 13.2. The first kappa shape index (κ1) is 22.7. The SMILES string of the molecule is CN(CC(C)(C)CN)C(=O)c1cn(Cc2ccccc2)nc1-c1ccccc1.Cl. The van der Waals surface area contributed by atoms with Crippen molar-refractivity contribution in [2.24, 2.45) is 11.1 Å². The summed E-state index contributed by atoms with van der Waals surface area (Å²) in [6.45, 7) is 5.84. The molecule has 6 heteroatoms. The zero-order chi connectivity index (χ0) is 20.1. The number of aromatic nitrogens is 2. The molecule has 1 amide bonds. The highest BCUT2D eigenvalue weighted by molar-refractivity contribution is 5.99. The Bertz CT molecular complexity index is 923. The molecule has 0 spiro atoms. The fraction of sp³-hybridized carbons (Fsp3) is 0.304. The minimum absolute atomic E-state index is 0. The van der Waals surface area contributed by atoms with Crippen LogP contribution in [0, 0.1) is 5.41 Å². The zero-order valence-electron chi connectivity index (χ0n) is 17.2. The molecule has 29 heavy (non-hydrogen) atoms. The summed E-state index contributed by atoms with van der Waals surface area (Å²) in [6, 6.07) is 20.0. The van der Waals surface area contributed by atoms with Gasteiger partial charge in [0.2, 0.25) is 0 Å². The lowest BCUT2D eigenvalue weighted by Crippen LogP contribution is -2.39. The first-order valence-corrected chi connectivity index (χ1v) is 9.52. The van der Waals surface area contributed by atoms with E-state index >= 15 is 0 Å². The summed E-state index contributed by atoms with van der Waals surface area (Å²) in [7, 11) is 1.82. The molecule has 0 bridgehead atoms. The normalized spacial score (nSPS) is 11.0. The third kappa shape index (κ3) is 5.68. The Hall–Kier alpha value is -2.63. The van der Waals surface area contributed by atoms with Crippen LogP contribution in [0.5, 0.6) is 0 Å². The van der Waals surface area contributed by atoms with Crippen LogP contribution in [0.2, 0.25) is 0 Å². The van der Waals surface area contributed by atoms with Crippen molar-refractivity contribution in [3.05, 3.63) is 78.0 Å². The van der Waals surface area contributed by atoms with Gasteiger partial charge in [-0.25, -0.2) is 0 Å². The Labute approximate surface area is 178 Å². The van der Waals surface area contributed by atoms with Crippen LogP contribution in [-0.2, 0) is 6.54 Å². The van der Waals surface area contributed by atoms with Gasteiger partial charge in [-0.2, -0.15) is 5.10 Å². The maximum atomic E-state index is 13.2. The molecule has 0 unspecified atom stereocenters. The van der Waals surface area contributed by atoms with Crippen molar-refractivity contribution < 1.29 is 4.79 Å². The Kier molecular flexibility index (Phi) is 7.59. The topological polar surface area (TPSA) is 64.2 Å². The van der Waals surface area contributed by atoms with Crippen molar-refractivity contribution in [3.8, 4) is 11.3 Å². The number of hydrogen-bond donors (Lipinski definition) is 1. The van der Waals surface area contributed by atoms with E-state index in [9.17, 15) is 4.79 Å². The number of carbonyl (C=O) groups excluding carboxylic acids is 1. The van der Waals surface area contributed by atoms with Crippen LogP contribution in [-0.4, -0.2) is 40.7 Å². The predicted octanol–water partition coefficient (Wildman–Crippen LogP) is 4.08. The Balaban J connectivity index is 0.00000300. The van der Waals surface area contributed by atoms with Crippen LogP contribution < -0.4 is 5.73 Å². The highest BCUT2D eigenvalue weighted by Gasteiger charge is 2.25. The molecule has 0 atom stereocenters. The number of halogens is 1. The molecule has 0 radical (unpaired) electrons. The van der Waals surface area contributed by atoms with E-state index in [1.165, 1.54) is 0 Å². The lowest BCUT2D eigenvalue weighted by atomic mass is 9.93. The molecule has 1 aromatic heterocycles. The third-order valence-corrected chi connectivity index (χ3v) is 4.79. The fourth-order valence-electron chi connectivity index (χ4n) is 3.22. The summed E-state index contributed by atoms with van der Waals surface area (Å²) in [5, 5.41) is 4.74. The lowest BCUT2D eigenvalue weighted by molar-refractivity contribution is 0.0741. The molecule has 3 aromatic rings. The number of nitrogens with zero attached hydrogens (tertiary/aromatic N) is 3. The summed E-state index contributed by atoms with van der Waals surface area (Å²) in [5.74, 6) is -0.0420. The predicted molar refractivity (Wildman–Crippen MR) is 120 cm³/mol. The highest BCUT2D eigenvalue weighted by atomic mass is 35.5. The quantitative estimate of drug-likeness (QED) is 0.636. The third-order valence-electron chi connectivity index (χ3n) is 4.79. The molecule has 0 fully saturated rings. The minimum Gasteiger partial charge on any atom is -0.341 e.